The number of nitrogens with one attached hydrogen (secondary N) is 1. The van der Waals surface area contributed by atoms with Gasteiger partial charge in [0.2, 0.25) is 0 Å². The van der Waals surface area contributed by atoms with Crippen molar-refractivity contribution in [1.82, 2.24) is 10.4 Å². The van der Waals surface area contributed by atoms with Crippen LogP contribution in [0, 0.1) is 5.92 Å². The van der Waals surface area contributed by atoms with Crippen LogP contribution < -0.4 is 5.32 Å². The highest BCUT2D eigenvalue weighted by Crippen LogP contribution is 2.13. The van der Waals surface area contributed by atoms with Crippen molar-refractivity contribution < 1.29 is 32.7 Å². The highest BCUT2D eigenvalue weighted by molar-refractivity contribution is 5.79. The first kappa shape index (κ1) is 14.7. The summed E-state index contributed by atoms with van der Waals surface area (Å²) in [5, 5.41) is 11.7. The van der Waals surface area contributed by atoms with Crippen LogP contribution in [0.3, 0.4) is 0 Å². The van der Waals surface area contributed by atoms with Crippen LogP contribution in [-0.2, 0) is 14.4 Å². The van der Waals surface area contributed by atoms with Gasteiger partial charge < -0.3 is 10.4 Å². The van der Waals surface area contributed by atoms with Crippen molar-refractivity contribution in [3.8, 4) is 0 Å². The monoisotopic (exact) mass is 270 g/mol. The molecule has 2 rings (SSSR count). The van der Waals surface area contributed by atoms with Gasteiger partial charge in [0.25, 0.3) is 5.91 Å². The van der Waals surface area contributed by atoms with Crippen LogP contribution in [-0.4, -0.2) is 54.5 Å². The van der Waals surface area contributed by atoms with Crippen molar-refractivity contribution in [2.75, 3.05) is 26.2 Å². The molecule has 2 aliphatic heterocycles. The molecule has 2 fully saturated rings. The fourth-order valence-electron chi connectivity index (χ4n) is 1.29. The van der Waals surface area contributed by atoms with Crippen LogP contribution in [0.25, 0.3) is 0 Å². The molecule has 6 nitrogen and oxygen atoms in total. The number of hydroxylamine groups is 2. The summed E-state index contributed by atoms with van der Waals surface area (Å²) in [5.41, 5.74) is 0. The van der Waals surface area contributed by atoms with Gasteiger partial charge in [-0.3, -0.25) is 9.63 Å². The molecule has 0 radical (unpaired) electrons. The Kier molecular flexibility index (Phi) is 4.91. The van der Waals surface area contributed by atoms with Crippen molar-refractivity contribution in [1.29, 1.82) is 0 Å². The molecule has 0 aromatic carbocycles. The number of carbonyl (C=O) groups is 2. The average molecular weight is 270 g/mol. The summed E-state index contributed by atoms with van der Waals surface area (Å²) in [4.78, 5) is 25.4. The zero-order valence-electron chi connectivity index (χ0n) is 9.37. The Morgan fingerprint density at radius 1 is 1.33 bits per heavy atom. The lowest BCUT2D eigenvalue weighted by Crippen LogP contribution is -2.51. The van der Waals surface area contributed by atoms with Crippen LogP contribution in [0.2, 0.25) is 0 Å². The predicted octanol–water partition coefficient (Wildman–Crippen LogP) is 0.00300. The summed E-state index contributed by atoms with van der Waals surface area (Å²) >= 11 is 0. The number of nitrogens with zero attached hydrogens (tertiary/aromatic N) is 1. The number of carboxylic acid groups (broad SMARTS) is 1. The number of aliphatic carboxylic acids is 1. The number of carbonyl (C=O) groups excluding carboxylic acids is 1. The van der Waals surface area contributed by atoms with E-state index in [4.69, 9.17) is 14.7 Å². The molecule has 18 heavy (non-hydrogen) atoms. The Bertz CT molecular complexity index is 311. The van der Waals surface area contributed by atoms with E-state index in [1.54, 1.807) is 0 Å². The number of alkyl halides is 3. The quantitative estimate of drug-likeness (QED) is 0.701. The van der Waals surface area contributed by atoms with E-state index in [0.717, 1.165) is 26.1 Å². The summed E-state index contributed by atoms with van der Waals surface area (Å²) in [7, 11) is 0. The number of carboxylic acids is 1. The lowest BCUT2D eigenvalue weighted by Gasteiger charge is -2.28. The van der Waals surface area contributed by atoms with E-state index in [9.17, 15) is 18.0 Å². The highest BCUT2D eigenvalue weighted by atomic mass is 19.4. The molecular weight excluding hydrogens is 257 g/mol. The maximum atomic E-state index is 11.4. The predicted molar refractivity (Wildman–Crippen MR) is 52.3 cm³/mol. The Morgan fingerprint density at radius 3 is 2.17 bits per heavy atom. The standard InChI is InChI=1S/C7H12N2O2.C2HF3O2/c10-7(6-4-8-5-6)9-2-1-3-11-9;3-2(4,5)1(6)7/h6,8H,1-5H2;(H,6,7). The van der Waals surface area contributed by atoms with Gasteiger partial charge >= 0.3 is 12.1 Å². The molecule has 0 atom stereocenters. The van der Waals surface area contributed by atoms with Crippen LogP contribution in [0.5, 0.6) is 0 Å². The lowest BCUT2D eigenvalue weighted by molar-refractivity contribution is -0.192. The van der Waals surface area contributed by atoms with Crippen molar-refractivity contribution in [3.63, 3.8) is 0 Å². The topological polar surface area (TPSA) is 78.9 Å². The molecule has 0 aromatic heterocycles. The Labute approximate surface area is 101 Å². The minimum absolute atomic E-state index is 0.154. The maximum absolute atomic E-state index is 11.4. The Morgan fingerprint density at radius 2 is 1.89 bits per heavy atom. The van der Waals surface area contributed by atoms with Gasteiger partial charge in [-0.05, 0) is 6.42 Å². The van der Waals surface area contributed by atoms with Crippen LogP contribution >= 0.6 is 0 Å². The zero-order chi connectivity index (χ0) is 13.8. The molecule has 0 saturated carbocycles. The normalized spacial score (nSPS) is 19.8. The second-order valence-electron chi connectivity index (χ2n) is 3.79. The van der Waals surface area contributed by atoms with Gasteiger partial charge in [0.15, 0.2) is 0 Å². The van der Waals surface area contributed by atoms with E-state index in [1.807, 2.05) is 0 Å². The summed E-state index contributed by atoms with van der Waals surface area (Å²) in [6, 6.07) is 0. The fourth-order valence-corrected chi connectivity index (χ4v) is 1.29. The maximum Gasteiger partial charge on any atom is 0.490 e. The largest absolute Gasteiger partial charge is 0.490 e. The summed E-state index contributed by atoms with van der Waals surface area (Å²) in [6.45, 7) is 3.11. The highest BCUT2D eigenvalue weighted by Gasteiger charge is 2.38. The summed E-state index contributed by atoms with van der Waals surface area (Å²) in [5.74, 6) is -2.43. The van der Waals surface area contributed by atoms with Gasteiger partial charge in [0.1, 0.15) is 0 Å². The smallest absolute Gasteiger partial charge is 0.475 e. The first-order valence-electron chi connectivity index (χ1n) is 5.27. The van der Waals surface area contributed by atoms with Crippen LogP contribution in [0.4, 0.5) is 13.2 Å². The minimum atomic E-state index is -5.08. The van der Waals surface area contributed by atoms with Crippen LogP contribution in [0.15, 0.2) is 0 Å². The Balaban J connectivity index is 0.000000203. The van der Waals surface area contributed by atoms with E-state index < -0.39 is 12.1 Å². The molecular formula is C9H13F3N2O4. The number of halogens is 3. The van der Waals surface area contributed by atoms with E-state index in [-0.39, 0.29) is 11.8 Å². The second kappa shape index (κ2) is 6.01. The molecule has 0 spiro atoms. The van der Waals surface area contributed by atoms with Gasteiger partial charge in [0.05, 0.1) is 19.1 Å². The molecule has 0 unspecified atom stereocenters. The molecule has 2 aliphatic rings. The third kappa shape index (κ3) is 4.15. The molecule has 9 heteroatoms. The van der Waals surface area contributed by atoms with Crippen molar-refractivity contribution >= 4 is 11.9 Å². The third-order valence-electron chi connectivity index (χ3n) is 2.37. The van der Waals surface area contributed by atoms with E-state index in [2.05, 4.69) is 5.32 Å². The number of hydrogen-bond acceptors (Lipinski definition) is 4. The second-order valence-corrected chi connectivity index (χ2v) is 3.79. The van der Waals surface area contributed by atoms with Gasteiger partial charge in [0, 0.05) is 13.1 Å². The van der Waals surface area contributed by atoms with E-state index in [1.165, 1.54) is 5.06 Å². The molecule has 0 aromatic rings. The van der Waals surface area contributed by atoms with Gasteiger partial charge in [-0.15, -0.1) is 0 Å². The molecule has 1 amide bonds. The number of rotatable bonds is 1. The van der Waals surface area contributed by atoms with E-state index in [0.29, 0.717) is 6.61 Å². The summed E-state index contributed by atoms with van der Waals surface area (Å²) in [6.07, 6.45) is -4.11. The first-order chi connectivity index (χ1) is 8.32. The summed E-state index contributed by atoms with van der Waals surface area (Å²) < 4.78 is 31.7. The zero-order valence-corrected chi connectivity index (χ0v) is 9.37. The third-order valence-corrected chi connectivity index (χ3v) is 2.37. The molecule has 2 heterocycles. The molecule has 2 saturated heterocycles. The Hall–Kier alpha value is -1.35. The van der Waals surface area contributed by atoms with Gasteiger partial charge in [-0.2, -0.15) is 13.2 Å². The number of amides is 1. The van der Waals surface area contributed by atoms with Crippen molar-refractivity contribution in [2.45, 2.75) is 12.6 Å². The van der Waals surface area contributed by atoms with Gasteiger partial charge in [-0.25, -0.2) is 9.86 Å². The SMILES string of the molecule is O=C(C1CNC1)N1CCCO1.O=C(O)C(F)(F)F. The van der Waals surface area contributed by atoms with Crippen LogP contribution in [0.1, 0.15) is 6.42 Å². The first-order valence-corrected chi connectivity index (χ1v) is 5.27. The minimum Gasteiger partial charge on any atom is -0.475 e. The van der Waals surface area contributed by atoms with Gasteiger partial charge in [-0.1, -0.05) is 0 Å². The molecule has 2 N–H and O–H groups in total. The number of hydrogen-bond donors (Lipinski definition) is 2. The van der Waals surface area contributed by atoms with Crippen molar-refractivity contribution in [3.05, 3.63) is 0 Å². The fraction of sp³-hybridized carbons (Fsp3) is 0.778. The lowest BCUT2D eigenvalue weighted by atomic mass is 10.0. The van der Waals surface area contributed by atoms with E-state index >= 15 is 0 Å². The molecule has 104 valence electrons. The molecule has 0 aliphatic carbocycles. The van der Waals surface area contributed by atoms with Crippen molar-refractivity contribution in [2.24, 2.45) is 5.92 Å². The molecule has 0 bridgehead atoms. The average Bonchev–Trinajstić information content (AvgIpc) is 2.66.